The van der Waals surface area contributed by atoms with Crippen molar-refractivity contribution in [3.63, 3.8) is 0 Å². The number of nitro benzene ring substituents is 2. The van der Waals surface area contributed by atoms with Crippen molar-refractivity contribution in [1.29, 1.82) is 0 Å². The fraction of sp³-hybridized carbons (Fsp3) is 0.143. The fourth-order valence-corrected chi connectivity index (χ4v) is 4.93. The number of hydrogen-bond donors (Lipinski definition) is 0. The van der Waals surface area contributed by atoms with Gasteiger partial charge in [-0.15, -0.1) is 3.63 Å². The molecule has 0 aliphatic heterocycles. The number of hydrogen-bond acceptors (Lipinski definition) is 11. The van der Waals surface area contributed by atoms with Gasteiger partial charge in [-0.2, -0.15) is 16.8 Å². The van der Waals surface area contributed by atoms with Gasteiger partial charge >= 0.3 is 20.2 Å². The Kier molecular flexibility index (Phi) is 8.30. The standard InChI is InChI=1S/C14H12N2O11S2.Na/c1-25-9-3-5-13(11(7-9)15(17)18)28(21,22)27-29(23,24)14-6-4-10(26-2)8-12(14)16(19)20;/h3-8H,1-2H3;. The molecular formula is C14H12N2NaO11S2. The monoisotopic (exact) mass is 471 g/mol. The molecule has 16 heteroatoms. The molecule has 30 heavy (non-hydrogen) atoms. The summed E-state index contributed by atoms with van der Waals surface area (Å²) in [5.74, 6) is -0.131. The number of rotatable bonds is 8. The Labute approximate surface area is 192 Å². The molecule has 2 aromatic rings. The predicted molar refractivity (Wildman–Crippen MR) is 101 cm³/mol. The van der Waals surface area contributed by atoms with Crippen LogP contribution in [0.3, 0.4) is 0 Å². The van der Waals surface area contributed by atoms with Gasteiger partial charge in [-0.05, 0) is 24.3 Å². The SMILES string of the molecule is COc1ccc(S(=O)(=O)OS(=O)(=O)c2ccc(OC)cc2[N+](=O)[O-])c([N+](=O)[O-])c1.[Na]. The molecule has 0 heterocycles. The third kappa shape index (κ3) is 5.44. The van der Waals surface area contributed by atoms with E-state index < -0.39 is 51.2 Å². The molecule has 13 nitrogen and oxygen atoms in total. The van der Waals surface area contributed by atoms with Crippen LogP contribution in [0.1, 0.15) is 0 Å². The van der Waals surface area contributed by atoms with E-state index in [-0.39, 0.29) is 41.1 Å². The van der Waals surface area contributed by atoms with Gasteiger partial charge in [-0.1, -0.05) is 0 Å². The molecule has 0 amide bonds. The maximum absolute atomic E-state index is 12.4. The molecule has 0 saturated carbocycles. The zero-order valence-corrected chi connectivity index (χ0v) is 19.3. The van der Waals surface area contributed by atoms with Crippen LogP contribution in [0.4, 0.5) is 11.4 Å². The number of benzene rings is 2. The minimum Gasteiger partial charge on any atom is -0.497 e. The topological polar surface area (TPSA) is 182 Å². The normalized spacial score (nSPS) is 11.3. The van der Waals surface area contributed by atoms with Crippen molar-refractivity contribution in [2.45, 2.75) is 9.79 Å². The summed E-state index contributed by atoms with van der Waals surface area (Å²) in [5, 5.41) is 22.3. The smallest absolute Gasteiger partial charge is 0.318 e. The Bertz CT molecular complexity index is 1100. The van der Waals surface area contributed by atoms with Crippen molar-refractivity contribution in [2.75, 3.05) is 14.2 Å². The van der Waals surface area contributed by atoms with Crippen molar-refractivity contribution >= 4 is 61.2 Å². The van der Waals surface area contributed by atoms with Crippen LogP contribution in [-0.2, 0) is 23.9 Å². The van der Waals surface area contributed by atoms with Crippen LogP contribution in [0, 0.1) is 20.2 Å². The summed E-state index contributed by atoms with van der Waals surface area (Å²) in [6.45, 7) is 0. The molecule has 0 unspecified atom stereocenters. The zero-order valence-electron chi connectivity index (χ0n) is 15.7. The van der Waals surface area contributed by atoms with Crippen LogP contribution in [0.2, 0.25) is 0 Å². The van der Waals surface area contributed by atoms with Crippen molar-refractivity contribution in [1.82, 2.24) is 0 Å². The van der Waals surface area contributed by atoms with E-state index in [0.717, 1.165) is 24.3 Å². The van der Waals surface area contributed by atoms with Crippen LogP contribution >= 0.6 is 0 Å². The number of methoxy groups -OCH3 is 2. The molecule has 0 atom stereocenters. The maximum atomic E-state index is 12.4. The second-order valence-corrected chi connectivity index (χ2v) is 8.40. The van der Waals surface area contributed by atoms with Crippen LogP contribution in [0.5, 0.6) is 11.5 Å². The average Bonchev–Trinajstić information content (AvgIpc) is 2.65. The van der Waals surface area contributed by atoms with Gasteiger partial charge in [0.2, 0.25) is 0 Å². The Morgan fingerprint density at radius 3 is 1.33 bits per heavy atom. The largest absolute Gasteiger partial charge is 0.497 e. The van der Waals surface area contributed by atoms with Gasteiger partial charge in [0.15, 0.2) is 9.79 Å². The van der Waals surface area contributed by atoms with Crippen molar-refractivity contribution in [3.05, 3.63) is 56.6 Å². The summed E-state index contributed by atoms with van der Waals surface area (Å²) in [5.41, 5.74) is -2.02. The Morgan fingerprint density at radius 2 is 1.07 bits per heavy atom. The number of ether oxygens (including phenoxy) is 2. The molecule has 2 rings (SSSR count). The molecule has 2 aromatic carbocycles. The molecule has 0 aromatic heterocycles. The summed E-state index contributed by atoms with van der Waals surface area (Å²) in [7, 11) is -8.17. The van der Waals surface area contributed by atoms with Crippen molar-refractivity contribution < 1.29 is 39.8 Å². The van der Waals surface area contributed by atoms with Crippen LogP contribution in [0.15, 0.2) is 46.2 Å². The molecule has 0 fully saturated rings. The molecule has 0 saturated heterocycles. The first kappa shape index (κ1) is 25.7. The van der Waals surface area contributed by atoms with E-state index in [9.17, 15) is 37.1 Å². The van der Waals surface area contributed by atoms with Crippen LogP contribution in [0.25, 0.3) is 0 Å². The van der Waals surface area contributed by atoms with Gasteiger partial charge in [0.25, 0.3) is 11.4 Å². The Hall–Kier alpha value is -2.30. The first-order valence-electron chi connectivity index (χ1n) is 7.29. The van der Waals surface area contributed by atoms with Gasteiger partial charge in [0, 0.05) is 29.6 Å². The number of nitro groups is 2. The maximum Gasteiger partial charge on any atom is 0.318 e. The van der Waals surface area contributed by atoms with E-state index in [4.69, 9.17) is 9.47 Å². The van der Waals surface area contributed by atoms with E-state index in [1.165, 1.54) is 14.2 Å². The minimum atomic E-state index is -5.26. The van der Waals surface area contributed by atoms with Crippen LogP contribution < -0.4 is 9.47 Å². The molecular weight excluding hydrogens is 459 g/mol. The summed E-state index contributed by atoms with van der Waals surface area (Å²) in [4.78, 5) is 18.0. The fourth-order valence-electron chi connectivity index (χ4n) is 2.15. The molecule has 0 aliphatic carbocycles. The zero-order chi connectivity index (χ0) is 22.0. The Morgan fingerprint density at radius 1 is 0.733 bits per heavy atom. The van der Waals surface area contributed by atoms with Gasteiger partial charge < -0.3 is 9.47 Å². The molecule has 157 valence electrons. The van der Waals surface area contributed by atoms with Gasteiger partial charge in [-0.3, -0.25) is 20.2 Å². The quantitative estimate of drug-likeness (QED) is 0.307. The molecule has 1 radical (unpaired) electrons. The van der Waals surface area contributed by atoms with Gasteiger partial charge in [0.05, 0.1) is 36.2 Å². The second kappa shape index (κ2) is 9.67. The first-order valence-corrected chi connectivity index (χ1v) is 10.1. The summed E-state index contributed by atoms with van der Waals surface area (Å²) in [6.07, 6.45) is 0. The minimum absolute atomic E-state index is 0. The first-order chi connectivity index (χ1) is 13.4. The number of nitrogens with zero attached hydrogens (tertiary/aromatic N) is 2. The van der Waals surface area contributed by atoms with E-state index in [1.54, 1.807) is 0 Å². The molecule has 0 aliphatic rings. The van der Waals surface area contributed by atoms with E-state index in [0.29, 0.717) is 12.1 Å². The third-order valence-electron chi connectivity index (χ3n) is 3.44. The van der Waals surface area contributed by atoms with Crippen molar-refractivity contribution in [2.24, 2.45) is 0 Å². The third-order valence-corrected chi connectivity index (χ3v) is 6.64. The van der Waals surface area contributed by atoms with Gasteiger partial charge in [-0.25, -0.2) is 0 Å². The second-order valence-electron chi connectivity index (χ2n) is 5.16. The molecule has 0 spiro atoms. The van der Waals surface area contributed by atoms with Crippen LogP contribution in [-0.4, -0.2) is 70.5 Å². The molecule has 0 bridgehead atoms. The van der Waals surface area contributed by atoms with E-state index in [2.05, 4.69) is 3.63 Å². The van der Waals surface area contributed by atoms with Gasteiger partial charge in [0.1, 0.15) is 11.5 Å². The van der Waals surface area contributed by atoms with Crippen molar-refractivity contribution in [3.8, 4) is 11.5 Å². The van der Waals surface area contributed by atoms with E-state index >= 15 is 0 Å². The molecule has 0 N–H and O–H groups in total. The average molecular weight is 471 g/mol. The summed E-state index contributed by atoms with van der Waals surface area (Å²) >= 11 is 0. The summed E-state index contributed by atoms with van der Waals surface area (Å²) in [6, 6.07) is 4.99. The van der Waals surface area contributed by atoms with E-state index in [1.807, 2.05) is 0 Å². The Balaban J connectivity index is 0.00000450. The summed E-state index contributed by atoms with van der Waals surface area (Å²) < 4.78 is 63.3. The predicted octanol–water partition coefficient (Wildman–Crippen LogP) is 1.23.